The van der Waals surface area contributed by atoms with Gasteiger partial charge in [0.2, 0.25) is 23.6 Å². The summed E-state index contributed by atoms with van der Waals surface area (Å²) in [5.74, 6) is 1.05. The first-order chi connectivity index (χ1) is 35.0. The monoisotopic (exact) mass is 1010 g/mol. The van der Waals surface area contributed by atoms with Crippen LogP contribution >= 0.6 is 21.6 Å². The van der Waals surface area contributed by atoms with Crippen molar-refractivity contribution in [2.75, 3.05) is 48.3 Å². The Morgan fingerprint density at radius 2 is 0.958 bits per heavy atom. The summed E-state index contributed by atoms with van der Waals surface area (Å²) in [4.78, 5) is 88.3. The second-order valence-electron chi connectivity index (χ2n) is 18.5. The maximum atomic E-state index is 12.9. The van der Waals surface area contributed by atoms with Crippen molar-refractivity contribution >= 4 is 80.1 Å². The molecule has 4 aliphatic rings. The van der Waals surface area contributed by atoms with Crippen LogP contribution in [0.25, 0.3) is 0 Å². The van der Waals surface area contributed by atoms with E-state index in [9.17, 15) is 28.8 Å². The number of benzene rings is 2. The summed E-state index contributed by atoms with van der Waals surface area (Å²) < 4.78 is 0. The number of unbranched alkanes of at least 4 members (excludes halogenated alkanes) is 2. The van der Waals surface area contributed by atoms with Crippen molar-refractivity contribution in [3.63, 3.8) is 0 Å². The number of carbonyl (C=O) groups is 6. The molecule has 378 valence electrons. The van der Waals surface area contributed by atoms with Gasteiger partial charge in [0.05, 0.1) is 11.4 Å². The SMILES string of the molecule is C[C@H]1CC(=O)N(CCCCNC(=O)CCSSCCC(=O)NCCCCN2N=C(c3ccc(NC(=O)N4Cc5ccncc5C4)cc3)[C@@H](C)CC2=O)N=C1c1ccc(NC(=O)N2Cc3ccncc3C2)cc1. The molecule has 6 heterocycles. The predicted molar refractivity (Wildman–Crippen MR) is 281 cm³/mol. The van der Waals surface area contributed by atoms with Crippen LogP contribution < -0.4 is 21.3 Å². The molecule has 2 aromatic heterocycles. The highest BCUT2D eigenvalue weighted by molar-refractivity contribution is 8.76. The van der Waals surface area contributed by atoms with Crippen LogP contribution in [0.1, 0.15) is 98.6 Å². The number of anilines is 2. The number of nitrogens with zero attached hydrogens (tertiary/aromatic N) is 8. The molecule has 0 saturated carbocycles. The third-order valence-corrected chi connectivity index (χ3v) is 15.4. The molecule has 18 nitrogen and oxygen atoms in total. The zero-order valence-electron chi connectivity index (χ0n) is 40.8. The highest BCUT2D eigenvalue weighted by Gasteiger charge is 2.30. The Kier molecular flexibility index (Phi) is 17.9. The Labute approximate surface area is 428 Å². The molecule has 4 aromatic rings. The molecule has 0 spiro atoms. The highest BCUT2D eigenvalue weighted by Crippen LogP contribution is 2.28. The minimum atomic E-state index is -0.173. The minimum absolute atomic E-state index is 0.0241. The molecule has 0 saturated heterocycles. The minimum Gasteiger partial charge on any atom is -0.356 e. The number of urea groups is 2. The number of nitrogens with one attached hydrogen (secondary N) is 4. The molecule has 8 rings (SSSR count). The lowest BCUT2D eigenvalue weighted by Gasteiger charge is -2.28. The van der Waals surface area contributed by atoms with E-state index in [-0.39, 0.29) is 47.5 Å². The standard InChI is InChI=1S/C52H62N12O6S2/c1-35-27-47(67)63(59-49(35)37-7-11-43(12-8-37)57-51(69)61-31-39-15-21-53-29-41(39)33-61)23-5-3-19-55-45(65)17-25-71-72-26-18-46(66)56-20-4-6-24-64-48(68)28-36(2)50(60-64)38-9-13-44(14-10-38)58-52(70)62-32-40-16-22-54-30-42(40)34-62/h7-16,21-22,29-30,35-36H,3-6,17-20,23-28,31-34H2,1-2H3,(H,55,65)(H,56,66)(H,57,69)(H,58,70)/t35-,36-/m0/s1. The van der Waals surface area contributed by atoms with Gasteiger partial charge >= 0.3 is 12.1 Å². The van der Waals surface area contributed by atoms with Crippen molar-refractivity contribution in [1.29, 1.82) is 0 Å². The smallest absolute Gasteiger partial charge is 0.322 e. The number of hydrazone groups is 2. The van der Waals surface area contributed by atoms with Crippen molar-refractivity contribution < 1.29 is 28.8 Å². The average molecular weight is 1020 g/mol. The van der Waals surface area contributed by atoms with E-state index < -0.39 is 0 Å². The van der Waals surface area contributed by atoms with E-state index in [1.807, 2.05) is 74.5 Å². The number of fused-ring (bicyclic) bond motifs is 2. The van der Waals surface area contributed by atoms with Gasteiger partial charge in [-0.15, -0.1) is 0 Å². The molecule has 72 heavy (non-hydrogen) atoms. The number of carbonyl (C=O) groups excluding carboxylic acids is 6. The molecular weight excluding hydrogens is 953 g/mol. The number of hydrogen-bond acceptors (Lipinski definition) is 12. The summed E-state index contributed by atoms with van der Waals surface area (Å²) in [5, 5.41) is 24.4. The number of rotatable bonds is 21. The van der Waals surface area contributed by atoms with Crippen LogP contribution in [0.5, 0.6) is 0 Å². The van der Waals surface area contributed by atoms with Crippen molar-refractivity contribution in [1.82, 2.24) is 40.4 Å². The quantitative estimate of drug-likeness (QED) is 0.0480. The molecule has 0 radical (unpaired) electrons. The maximum Gasteiger partial charge on any atom is 0.322 e. The van der Waals surface area contributed by atoms with Crippen LogP contribution in [0.15, 0.2) is 95.7 Å². The Morgan fingerprint density at radius 3 is 1.36 bits per heavy atom. The first-order valence-electron chi connectivity index (χ1n) is 24.7. The lowest BCUT2D eigenvalue weighted by atomic mass is 9.93. The van der Waals surface area contributed by atoms with E-state index in [1.54, 1.807) is 56.2 Å². The summed E-state index contributed by atoms with van der Waals surface area (Å²) in [6.45, 7) is 8.06. The molecule has 0 bridgehead atoms. The van der Waals surface area contributed by atoms with E-state index in [4.69, 9.17) is 10.2 Å². The molecule has 4 N–H and O–H groups in total. The second-order valence-corrected chi connectivity index (χ2v) is 21.2. The van der Waals surface area contributed by atoms with E-state index in [0.29, 0.717) is 127 Å². The van der Waals surface area contributed by atoms with Gasteiger partial charge in [0, 0.05) is 138 Å². The topological polar surface area (TPSA) is 214 Å². The van der Waals surface area contributed by atoms with Gasteiger partial charge in [0.25, 0.3) is 0 Å². The third kappa shape index (κ3) is 14.0. The van der Waals surface area contributed by atoms with Crippen LogP contribution in [0, 0.1) is 11.8 Å². The van der Waals surface area contributed by atoms with Gasteiger partial charge in [0.15, 0.2) is 0 Å². The summed E-state index contributed by atoms with van der Waals surface area (Å²) in [6, 6.07) is 18.6. The zero-order chi connectivity index (χ0) is 50.4. The van der Waals surface area contributed by atoms with Gasteiger partial charge in [-0.25, -0.2) is 19.6 Å². The van der Waals surface area contributed by atoms with Gasteiger partial charge < -0.3 is 31.1 Å². The average Bonchev–Trinajstić information content (AvgIpc) is 4.02. The molecule has 20 heteroatoms. The maximum absolute atomic E-state index is 12.9. The first-order valence-corrected chi connectivity index (χ1v) is 27.2. The van der Waals surface area contributed by atoms with Crippen molar-refractivity contribution in [3.05, 3.63) is 119 Å². The molecule has 0 fully saturated rings. The van der Waals surface area contributed by atoms with Crippen molar-refractivity contribution in [2.24, 2.45) is 22.0 Å². The van der Waals surface area contributed by atoms with Crippen LogP contribution in [0.2, 0.25) is 0 Å². The summed E-state index contributed by atoms with van der Waals surface area (Å²) in [6.07, 6.45) is 11.3. The van der Waals surface area contributed by atoms with Gasteiger partial charge in [-0.05, 0) is 95.5 Å². The van der Waals surface area contributed by atoms with Gasteiger partial charge in [-0.3, -0.25) is 29.1 Å². The van der Waals surface area contributed by atoms with Gasteiger partial charge in [0.1, 0.15) is 0 Å². The Bertz CT molecular complexity index is 2440. The molecule has 2 aromatic carbocycles. The van der Waals surface area contributed by atoms with Gasteiger partial charge in [-0.2, -0.15) is 10.2 Å². The largest absolute Gasteiger partial charge is 0.356 e. The van der Waals surface area contributed by atoms with E-state index in [2.05, 4.69) is 31.2 Å². The van der Waals surface area contributed by atoms with E-state index in [1.165, 1.54) is 10.0 Å². The fourth-order valence-corrected chi connectivity index (χ4v) is 10.9. The summed E-state index contributed by atoms with van der Waals surface area (Å²) >= 11 is 0. The number of pyridine rings is 2. The van der Waals surface area contributed by atoms with Gasteiger partial charge in [-0.1, -0.05) is 59.7 Å². The van der Waals surface area contributed by atoms with E-state index >= 15 is 0 Å². The Morgan fingerprint density at radius 1 is 0.556 bits per heavy atom. The van der Waals surface area contributed by atoms with Crippen LogP contribution in [0.3, 0.4) is 0 Å². The second kappa shape index (κ2) is 25.0. The zero-order valence-corrected chi connectivity index (χ0v) is 42.4. The fourth-order valence-electron chi connectivity index (χ4n) is 8.90. The molecule has 4 aliphatic heterocycles. The van der Waals surface area contributed by atoms with Crippen LogP contribution in [0.4, 0.5) is 21.0 Å². The summed E-state index contributed by atoms with van der Waals surface area (Å²) in [5.41, 5.74) is 9.13. The molecule has 0 unspecified atom stereocenters. The lowest BCUT2D eigenvalue weighted by Crippen LogP contribution is -2.37. The highest BCUT2D eigenvalue weighted by atomic mass is 33.1. The van der Waals surface area contributed by atoms with Crippen LogP contribution in [-0.2, 0) is 45.4 Å². The van der Waals surface area contributed by atoms with Crippen LogP contribution in [-0.4, -0.2) is 115 Å². The predicted octanol–water partition coefficient (Wildman–Crippen LogP) is 7.37. The number of amides is 8. The van der Waals surface area contributed by atoms with Crippen molar-refractivity contribution in [3.8, 4) is 0 Å². The Balaban J connectivity index is 0.642. The normalized spacial score (nSPS) is 17.2. The molecule has 8 amide bonds. The molecule has 2 atom stereocenters. The summed E-state index contributed by atoms with van der Waals surface area (Å²) in [7, 11) is 3.14. The fraction of sp³-hybridized carbons (Fsp3) is 0.423. The Hall–Kier alpha value is -6.80. The molecular formula is C52H62N12O6S2. The third-order valence-electron chi connectivity index (χ3n) is 13.0. The van der Waals surface area contributed by atoms with E-state index in [0.717, 1.165) is 44.8 Å². The number of aromatic nitrogens is 2. The lowest BCUT2D eigenvalue weighted by molar-refractivity contribution is -0.133. The molecule has 0 aliphatic carbocycles. The number of hydrogen-bond donors (Lipinski definition) is 4. The van der Waals surface area contributed by atoms with Crippen molar-refractivity contribution in [2.45, 2.75) is 91.4 Å². The first kappa shape index (κ1) is 51.6.